The van der Waals surface area contributed by atoms with Crippen LogP contribution in [0.1, 0.15) is 28.5 Å². The molecule has 1 aromatic heterocycles. The Morgan fingerprint density at radius 2 is 1.80 bits per heavy atom. The van der Waals surface area contributed by atoms with E-state index >= 15 is 0 Å². The van der Waals surface area contributed by atoms with Crippen LogP contribution in [0, 0.1) is 19.7 Å². The summed E-state index contributed by atoms with van der Waals surface area (Å²) in [4.78, 5) is 26.7. The molecule has 6 heteroatoms. The van der Waals surface area contributed by atoms with Gasteiger partial charge in [-0.1, -0.05) is 6.07 Å². The van der Waals surface area contributed by atoms with Gasteiger partial charge in [0.25, 0.3) is 5.91 Å². The Morgan fingerprint density at radius 3 is 2.52 bits per heavy atom. The van der Waals surface area contributed by atoms with Crippen molar-refractivity contribution in [3.05, 3.63) is 59.0 Å². The molecule has 1 heterocycles. The summed E-state index contributed by atoms with van der Waals surface area (Å²) in [5, 5.41) is 6.07. The third kappa shape index (κ3) is 3.52. The number of fused-ring (bicyclic) bond motifs is 1. The van der Waals surface area contributed by atoms with Crippen LogP contribution in [0.5, 0.6) is 0 Å². The van der Waals surface area contributed by atoms with Crippen molar-refractivity contribution in [1.82, 2.24) is 4.98 Å². The SMILES string of the molecule is CC(=O)Nc1cc(NC(=O)c2cc3c(C)cc(C)cc3[nH]2)ccc1F. The first-order valence-corrected chi connectivity index (χ1v) is 7.82. The first-order chi connectivity index (χ1) is 11.8. The Kier molecular flexibility index (Phi) is 4.27. The first kappa shape index (κ1) is 16.7. The summed E-state index contributed by atoms with van der Waals surface area (Å²) in [6.45, 7) is 5.28. The quantitative estimate of drug-likeness (QED) is 0.671. The number of aromatic nitrogens is 1. The number of benzene rings is 2. The number of hydrogen-bond acceptors (Lipinski definition) is 2. The molecule has 3 rings (SSSR count). The minimum atomic E-state index is -0.565. The summed E-state index contributed by atoms with van der Waals surface area (Å²) in [7, 11) is 0. The number of carbonyl (C=O) groups is 2. The Morgan fingerprint density at radius 1 is 1.04 bits per heavy atom. The van der Waals surface area contributed by atoms with Gasteiger partial charge in [-0.25, -0.2) is 4.39 Å². The van der Waals surface area contributed by atoms with Gasteiger partial charge in [-0.2, -0.15) is 0 Å². The molecule has 0 saturated carbocycles. The van der Waals surface area contributed by atoms with Crippen LogP contribution in [0.25, 0.3) is 10.9 Å². The molecule has 3 N–H and O–H groups in total. The number of hydrogen-bond donors (Lipinski definition) is 3. The van der Waals surface area contributed by atoms with Gasteiger partial charge in [-0.15, -0.1) is 0 Å². The molecule has 0 radical (unpaired) electrons. The van der Waals surface area contributed by atoms with E-state index in [9.17, 15) is 14.0 Å². The number of halogens is 1. The molecule has 3 aromatic rings. The number of aromatic amines is 1. The van der Waals surface area contributed by atoms with E-state index in [4.69, 9.17) is 0 Å². The fourth-order valence-electron chi connectivity index (χ4n) is 2.81. The number of H-pyrrole nitrogens is 1. The second-order valence-electron chi connectivity index (χ2n) is 6.06. The predicted molar refractivity (Wildman–Crippen MR) is 96.4 cm³/mol. The Labute approximate surface area is 144 Å². The van der Waals surface area contributed by atoms with Crippen LogP contribution in [0.2, 0.25) is 0 Å². The molecule has 0 atom stereocenters. The van der Waals surface area contributed by atoms with Crippen LogP contribution in [-0.2, 0) is 4.79 Å². The number of anilines is 2. The molecule has 0 saturated heterocycles. The Bertz CT molecular complexity index is 992. The van der Waals surface area contributed by atoms with Crippen molar-refractivity contribution in [2.75, 3.05) is 10.6 Å². The van der Waals surface area contributed by atoms with E-state index in [0.29, 0.717) is 11.4 Å². The normalized spacial score (nSPS) is 10.7. The summed E-state index contributed by atoms with van der Waals surface area (Å²) in [6, 6.07) is 9.84. The van der Waals surface area contributed by atoms with Gasteiger partial charge in [-0.3, -0.25) is 9.59 Å². The van der Waals surface area contributed by atoms with Gasteiger partial charge >= 0.3 is 0 Å². The minimum absolute atomic E-state index is 0.0217. The van der Waals surface area contributed by atoms with Crippen molar-refractivity contribution in [2.24, 2.45) is 0 Å². The molecule has 0 aliphatic rings. The number of carbonyl (C=O) groups excluding carboxylic acids is 2. The number of aryl methyl sites for hydroxylation is 2. The molecule has 0 fully saturated rings. The predicted octanol–water partition coefficient (Wildman–Crippen LogP) is 4.13. The molecule has 128 valence electrons. The monoisotopic (exact) mass is 339 g/mol. The van der Waals surface area contributed by atoms with Gasteiger partial charge in [-0.05, 0) is 55.3 Å². The van der Waals surface area contributed by atoms with E-state index in [1.54, 1.807) is 6.07 Å². The van der Waals surface area contributed by atoms with Gasteiger partial charge < -0.3 is 15.6 Å². The molecule has 0 aliphatic carbocycles. The van der Waals surface area contributed by atoms with Gasteiger partial charge in [0.05, 0.1) is 5.69 Å². The third-order valence-electron chi connectivity index (χ3n) is 3.87. The van der Waals surface area contributed by atoms with Crippen molar-refractivity contribution >= 4 is 34.1 Å². The lowest BCUT2D eigenvalue weighted by atomic mass is 10.1. The number of nitrogens with one attached hydrogen (secondary N) is 3. The average Bonchev–Trinajstić information content (AvgIpc) is 2.94. The molecule has 5 nitrogen and oxygen atoms in total. The van der Waals surface area contributed by atoms with Gasteiger partial charge in [0.2, 0.25) is 5.91 Å². The number of amides is 2. The largest absolute Gasteiger partial charge is 0.351 e. The Hall–Kier alpha value is -3.15. The van der Waals surface area contributed by atoms with Crippen LogP contribution >= 0.6 is 0 Å². The summed E-state index contributed by atoms with van der Waals surface area (Å²) in [6.07, 6.45) is 0. The lowest BCUT2D eigenvalue weighted by Gasteiger charge is -2.08. The molecule has 0 aliphatic heterocycles. The molecule has 2 aromatic carbocycles. The Balaban J connectivity index is 1.87. The molecular formula is C19H18FN3O2. The van der Waals surface area contributed by atoms with E-state index in [1.165, 1.54) is 25.1 Å². The summed E-state index contributed by atoms with van der Waals surface area (Å²) in [5.41, 5.74) is 3.90. The average molecular weight is 339 g/mol. The standard InChI is InChI=1S/C19H18FN3O2/c1-10-6-11(2)14-9-18(23-16(14)7-10)19(25)22-13-4-5-15(20)17(8-13)21-12(3)24/h4-9,23H,1-3H3,(H,21,24)(H,22,25). The molecule has 0 bridgehead atoms. The van der Waals surface area contributed by atoms with Crippen LogP contribution in [0.15, 0.2) is 36.4 Å². The number of rotatable bonds is 3. The molecule has 25 heavy (non-hydrogen) atoms. The molecule has 0 spiro atoms. The lowest BCUT2D eigenvalue weighted by Crippen LogP contribution is -2.13. The maximum absolute atomic E-state index is 13.7. The zero-order chi connectivity index (χ0) is 18.1. The summed E-state index contributed by atoms with van der Waals surface area (Å²) >= 11 is 0. The van der Waals surface area contributed by atoms with Crippen molar-refractivity contribution < 1.29 is 14.0 Å². The van der Waals surface area contributed by atoms with Crippen LogP contribution in [0.4, 0.5) is 15.8 Å². The zero-order valence-corrected chi connectivity index (χ0v) is 14.2. The van der Waals surface area contributed by atoms with Gasteiger partial charge in [0, 0.05) is 23.5 Å². The van der Waals surface area contributed by atoms with Crippen molar-refractivity contribution in [2.45, 2.75) is 20.8 Å². The van der Waals surface area contributed by atoms with Crippen molar-refractivity contribution in [3.63, 3.8) is 0 Å². The highest BCUT2D eigenvalue weighted by atomic mass is 19.1. The van der Waals surface area contributed by atoms with Crippen LogP contribution < -0.4 is 10.6 Å². The van der Waals surface area contributed by atoms with Crippen LogP contribution in [-0.4, -0.2) is 16.8 Å². The van der Waals surface area contributed by atoms with E-state index in [0.717, 1.165) is 22.0 Å². The van der Waals surface area contributed by atoms with Gasteiger partial charge in [0.1, 0.15) is 11.5 Å². The maximum atomic E-state index is 13.7. The van der Waals surface area contributed by atoms with Crippen molar-refractivity contribution in [1.29, 1.82) is 0 Å². The second-order valence-corrected chi connectivity index (χ2v) is 6.06. The van der Waals surface area contributed by atoms with Crippen LogP contribution in [0.3, 0.4) is 0 Å². The second kappa shape index (κ2) is 6.39. The summed E-state index contributed by atoms with van der Waals surface area (Å²) in [5.74, 6) is -1.29. The topological polar surface area (TPSA) is 74.0 Å². The minimum Gasteiger partial charge on any atom is -0.351 e. The van der Waals surface area contributed by atoms with E-state index in [-0.39, 0.29) is 17.5 Å². The third-order valence-corrected chi connectivity index (χ3v) is 3.87. The zero-order valence-electron chi connectivity index (χ0n) is 14.2. The van der Waals surface area contributed by atoms with E-state index in [2.05, 4.69) is 21.7 Å². The first-order valence-electron chi connectivity index (χ1n) is 7.82. The highest BCUT2D eigenvalue weighted by molar-refractivity contribution is 6.06. The fraction of sp³-hybridized carbons (Fsp3) is 0.158. The van der Waals surface area contributed by atoms with E-state index < -0.39 is 5.82 Å². The maximum Gasteiger partial charge on any atom is 0.272 e. The fourth-order valence-corrected chi connectivity index (χ4v) is 2.81. The van der Waals surface area contributed by atoms with E-state index in [1.807, 2.05) is 19.9 Å². The molecule has 0 unspecified atom stereocenters. The summed E-state index contributed by atoms with van der Waals surface area (Å²) < 4.78 is 13.7. The molecular weight excluding hydrogens is 321 g/mol. The smallest absolute Gasteiger partial charge is 0.272 e. The van der Waals surface area contributed by atoms with Crippen molar-refractivity contribution in [3.8, 4) is 0 Å². The lowest BCUT2D eigenvalue weighted by molar-refractivity contribution is -0.114. The van der Waals surface area contributed by atoms with Gasteiger partial charge in [0.15, 0.2) is 0 Å². The highest BCUT2D eigenvalue weighted by Gasteiger charge is 2.13. The molecule has 2 amide bonds. The highest BCUT2D eigenvalue weighted by Crippen LogP contribution is 2.23.